The first-order chi connectivity index (χ1) is 13.9. The molecule has 1 aromatic heterocycles. The number of carbonyl (C=O) groups is 1. The van der Waals surface area contributed by atoms with Gasteiger partial charge in [0, 0.05) is 22.9 Å². The van der Waals surface area contributed by atoms with Gasteiger partial charge < -0.3 is 9.73 Å². The number of fused-ring (bicyclic) bond motifs is 2. The van der Waals surface area contributed by atoms with Crippen LogP contribution in [0.4, 0.5) is 5.69 Å². The number of anilines is 1. The van der Waals surface area contributed by atoms with Gasteiger partial charge in [0.1, 0.15) is 11.2 Å². The number of hydrogen-bond donors (Lipinski definition) is 1. The van der Waals surface area contributed by atoms with E-state index in [-0.39, 0.29) is 11.3 Å². The predicted octanol–water partition coefficient (Wildman–Crippen LogP) is 5.87. The maximum Gasteiger partial charge on any atom is 0.248 e. The molecule has 29 heavy (non-hydrogen) atoms. The van der Waals surface area contributed by atoms with Gasteiger partial charge in [-0.1, -0.05) is 29.8 Å². The Kier molecular flexibility index (Phi) is 4.95. The maximum atomic E-state index is 12.8. The van der Waals surface area contributed by atoms with Crippen LogP contribution in [-0.4, -0.2) is 5.91 Å². The molecule has 0 fully saturated rings. The third kappa shape index (κ3) is 3.80. The van der Waals surface area contributed by atoms with Crippen molar-refractivity contribution in [3.8, 4) is 0 Å². The molecule has 4 nitrogen and oxygen atoms in total. The van der Waals surface area contributed by atoms with Gasteiger partial charge in [-0.05, 0) is 66.9 Å². The Morgan fingerprint density at radius 1 is 1.00 bits per heavy atom. The molecule has 5 heteroatoms. The summed E-state index contributed by atoms with van der Waals surface area (Å²) in [5, 5.41) is 4.48. The highest BCUT2D eigenvalue weighted by atomic mass is 35.5. The van der Waals surface area contributed by atoms with Gasteiger partial charge in [-0.25, -0.2) is 0 Å². The summed E-state index contributed by atoms with van der Waals surface area (Å²) in [6.07, 6.45) is 3.14. The molecule has 0 aliphatic heterocycles. The lowest BCUT2D eigenvalue weighted by Crippen LogP contribution is -2.08. The van der Waals surface area contributed by atoms with E-state index < -0.39 is 0 Å². The Morgan fingerprint density at radius 3 is 2.48 bits per heavy atom. The van der Waals surface area contributed by atoms with E-state index in [0.717, 1.165) is 16.7 Å². The first-order valence-electron chi connectivity index (χ1n) is 9.14. The molecule has 144 valence electrons. The fraction of sp³-hybridized carbons (Fsp3) is 0.0833. The average molecular weight is 404 g/mol. The lowest BCUT2D eigenvalue weighted by molar-refractivity contribution is -0.111. The molecule has 4 aromatic rings. The first kappa shape index (κ1) is 19.0. The number of carbonyl (C=O) groups excluding carboxylic acids is 1. The minimum Gasteiger partial charge on any atom is -0.455 e. The van der Waals surface area contributed by atoms with Gasteiger partial charge in [0.15, 0.2) is 0 Å². The molecule has 4 rings (SSSR count). The van der Waals surface area contributed by atoms with E-state index in [1.54, 1.807) is 42.5 Å². The highest BCUT2D eigenvalue weighted by Gasteiger charge is 2.11. The zero-order valence-electron chi connectivity index (χ0n) is 16.0. The number of benzene rings is 3. The third-order valence-corrected chi connectivity index (χ3v) is 5.18. The lowest BCUT2D eigenvalue weighted by Gasteiger charge is -2.08. The first-order valence-corrected chi connectivity index (χ1v) is 9.51. The van der Waals surface area contributed by atoms with Crippen molar-refractivity contribution in [3.05, 3.63) is 92.6 Å². The van der Waals surface area contributed by atoms with Gasteiger partial charge in [0.05, 0.1) is 10.8 Å². The SMILES string of the molecule is Cc1ccc2c(=O)c3ccc(NC(=O)/C=C/c4ccc(Cl)cc4)cc3oc2c1C. The number of hydrogen-bond acceptors (Lipinski definition) is 3. The zero-order chi connectivity index (χ0) is 20.5. The van der Waals surface area contributed by atoms with Gasteiger partial charge >= 0.3 is 0 Å². The molecule has 1 amide bonds. The summed E-state index contributed by atoms with van der Waals surface area (Å²) >= 11 is 5.86. The van der Waals surface area contributed by atoms with Crippen molar-refractivity contribution in [2.45, 2.75) is 13.8 Å². The fourth-order valence-electron chi connectivity index (χ4n) is 3.16. The van der Waals surface area contributed by atoms with Crippen LogP contribution in [0.1, 0.15) is 16.7 Å². The second-order valence-corrected chi connectivity index (χ2v) is 7.34. The van der Waals surface area contributed by atoms with Crippen LogP contribution in [0.2, 0.25) is 5.02 Å². The smallest absolute Gasteiger partial charge is 0.248 e. The maximum absolute atomic E-state index is 12.8. The topological polar surface area (TPSA) is 59.3 Å². The number of rotatable bonds is 3. The Balaban J connectivity index is 1.65. The minimum atomic E-state index is -0.283. The van der Waals surface area contributed by atoms with Crippen LogP contribution in [-0.2, 0) is 4.79 Å². The van der Waals surface area contributed by atoms with Crippen LogP contribution in [0.25, 0.3) is 28.0 Å². The van der Waals surface area contributed by atoms with Gasteiger partial charge in [0.2, 0.25) is 11.3 Å². The number of nitrogens with one attached hydrogen (secondary N) is 1. The zero-order valence-corrected chi connectivity index (χ0v) is 16.7. The van der Waals surface area contributed by atoms with Crippen molar-refractivity contribution in [3.63, 3.8) is 0 Å². The molecule has 3 aromatic carbocycles. The molecule has 1 N–H and O–H groups in total. The normalized spacial score (nSPS) is 11.4. The molecular formula is C24H18ClNO3. The van der Waals surface area contributed by atoms with E-state index in [4.69, 9.17) is 16.0 Å². The molecule has 1 heterocycles. The second-order valence-electron chi connectivity index (χ2n) is 6.90. The third-order valence-electron chi connectivity index (χ3n) is 4.92. The summed E-state index contributed by atoms with van der Waals surface area (Å²) in [6.45, 7) is 3.91. The van der Waals surface area contributed by atoms with E-state index >= 15 is 0 Å². The van der Waals surface area contributed by atoms with E-state index in [0.29, 0.717) is 32.6 Å². The quantitative estimate of drug-likeness (QED) is 0.344. The number of aryl methyl sites for hydroxylation is 2. The number of halogens is 1. The van der Waals surface area contributed by atoms with E-state index in [1.165, 1.54) is 6.08 Å². The van der Waals surface area contributed by atoms with Crippen LogP contribution in [0.15, 0.2) is 69.9 Å². The van der Waals surface area contributed by atoms with E-state index in [2.05, 4.69) is 5.32 Å². The minimum absolute atomic E-state index is 0.0788. The summed E-state index contributed by atoms with van der Waals surface area (Å²) in [4.78, 5) is 25.1. The molecule has 0 aliphatic rings. The molecule has 0 saturated carbocycles. The summed E-state index contributed by atoms with van der Waals surface area (Å²) in [6, 6.07) is 15.9. The highest BCUT2D eigenvalue weighted by Crippen LogP contribution is 2.25. The largest absolute Gasteiger partial charge is 0.455 e. The van der Waals surface area contributed by atoms with Crippen LogP contribution in [0.5, 0.6) is 0 Å². The molecule has 0 saturated heterocycles. The summed E-state index contributed by atoms with van der Waals surface area (Å²) in [5.74, 6) is -0.283. The van der Waals surface area contributed by atoms with Gasteiger partial charge in [-0.3, -0.25) is 9.59 Å². The predicted molar refractivity (Wildman–Crippen MR) is 119 cm³/mol. The summed E-state index contributed by atoms with van der Waals surface area (Å²) < 4.78 is 6.02. The molecule has 0 aliphatic carbocycles. The van der Waals surface area contributed by atoms with Gasteiger partial charge in [-0.2, -0.15) is 0 Å². The monoisotopic (exact) mass is 403 g/mol. The molecule has 0 unspecified atom stereocenters. The number of amides is 1. The fourth-order valence-corrected chi connectivity index (χ4v) is 3.28. The summed E-state index contributed by atoms with van der Waals surface area (Å²) in [5.41, 5.74) is 4.34. The Morgan fingerprint density at radius 2 is 1.72 bits per heavy atom. The van der Waals surface area contributed by atoms with Crippen molar-refractivity contribution in [1.29, 1.82) is 0 Å². The van der Waals surface area contributed by atoms with E-state index in [1.807, 2.05) is 32.0 Å². The lowest BCUT2D eigenvalue weighted by atomic mass is 10.0. The van der Waals surface area contributed by atoms with Crippen molar-refractivity contribution < 1.29 is 9.21 Å². The van der Waals surface area contributed by atoms with E-state index in [9.17, 15) is 9.59 Å². The molecule has 0 radical (unpaired) electrons. The van der Waals surface area contributed by atoms with Crippen LogP contribution < -0.4 is 10.7 Å². The standard InChI is InChI=1S/C24H18ClNO3/c1-14-3-10-20-23(28)19-11-9-18(13-21(19)29-24(20)15(14)2)26-22(27)12-6-16-4-7-17(25)8-5-16/h3-13H,1-2H3,(H,26,27)/b12-6+. The van der Waals surface area contributed by atoms with Crippen molar-refractivity contribution in [1.82, 2.24) is 0 Å². The molecular weight excluding hydrogens is 386 g/mol. The van der Waals surface area contributed by atoms with Gasteiger partial charge in [-0.15, -0.1) is 0 Å². The highest BCUT2D eigenvalue weighted by molar-refractivity contribution is 6.30. The molecule has 0 bridgehead atoms. The Hall–Kier alpha value is -3.37. The van der Waals surface area contributed by atoms with Crippen LogP contribution >= 0.6 is 11.6 Å². The van der Waals surface area contributed by atoms with Gasteiger partial charge in [0.25, 0.3) is 0 Å². The Labute approximate surface area is 172 Å². The van der Waals surface area contributed by atoms with Crippen molar-refractivity contribution in [2.75, 3.05) is 5.32 Å². The van der Waals surface area contributed by atoms with Crippen molar-refractivity contribution >= 4 is 51.2 Å². The average Bonchev–Trinajstić information content (AvgIpc) is 2.71. The summed E-state index contributed by atoms with van der Waals surface area (Å²) in [7, 11) is 0. The van der Waals surface area contributed by atoms with Crippen LogP contribution in [0, 0.1) is 13.8 Å². The van der Waals surface area contributed by atoms with Crippen LogP contribution in [0.3, 0.4) is 0 Å². The molecule has 0 atom stereocenters. The Bertz CT molecular complexity index is 1330. The van der Waals surface area contributed by atoms with Crippen molar-refractivity contribution in [2.24, 2.45) is 0 Å². The molecule has 0 spiro atoms. The second kappa shape index (κ2) is 7.57.